The zero-order chi connectivity index (χ0) is 14.5. The molecule has 0 spiro atoms. The molecule has 0 radical (unpaired) electrons. The van der Waals surface area contributed by atoms with E-state index in [1.807, 2.05) is 0 Å². The Balaban J connectivity index is 2.90. The summed E-state index contributed by atoms with van der Waals surface area (Å²) in [5.41, 5.74) is 0.372. The predicted molar refractivity (Wildman–Crippen MR) is 85.6 cm³/mol. The van der Waals surface area contributed by atoms with Gasteiger partial charge in [0.05, 0.1) is 0 Å². The standard InChI is InChI=1S/C17H36N2/c1-7-14(3)12-16(18-8-2)17(19(5)6)11-9-10-15(4)13-17/h14-16,18H,7-13H2,1-6H3. The van der Waals surface area contributed by atoms with Crippen LogP contribution in [0.25, 0.3) is 0 Å². The molecule has 2 nitrogen and oxygen atoms in total. The first kappa shape index (κ1) is 17.0. The molecule has 0 bridgehead atoms. The maximum Gasteiger partial charge on any atom is 0.0359 e. The highest BCUT2D eigenvalue weighted by molar-refractivity contribution is 5.02. The Kier molecular flexibility index (Phi) is 6.82. The van der Waals surface area contributed by atoms with Gasteiger partial charge in [-0.05, 0) is 51.7 Å². The van der Waals surface area contributed by atoms with Crippen LogP contribution in [0.15, 0.2) is 0 Å². The summed E-state index contributed by atoms with van der Waals surface area (Å²) in [5.74, 6) is 1.69. The average Bonchev–Trinajstić information content (AvgIpc) is 2.37. The Labute approximate surface area is 121 Å². The van der Waals surface area contributed by atoms with E-state index < -0.39 is 0 Å². The first-order valence-electron chi connectivity index (χ1n) is 8.37. The maximum absolute atomic E-state index is 3.82. The van der Waals surface area contributed by atoms with Gasteiger partial charge in [0.1, 0.15) is 0 Å². The van der Waals surface area contributed by atoms with E-state index in [-0.39, 0.29) is 0 Å². The second-order valence-corrected chi connectivity index (χ2v) is 7.06. The first-order valence-corrected chi connectivity index (χ1v) is 8.37. The molecule has 1 aliphatic carbocycles. The lowest BCUT2D eigenvalue weighted by Crippen LogP contribution is -2.61. The minimum absolute atomic E-state index is 0.372. The van der Waals surface area contributed by atoms with E-state index >= 15 is 0 Å². The van der Waals surface area contributed by atoms with Gasteiger partial charge in [-0.15, -0.1) is 0 Å². The third-order valence-electron chi connectivity index (χ3n) is 5.33. The summed E-state index contributed by atoms with van der Waals surface area (Å²) >= 11 is 0. The summed E-state index contributed by atoms with van der Waals surface area (Å²) in [4.78, 5) is 2.53. The molecule has 4 atom stereocenters. The molecule has 0 heterocycles. The topological polar surface area (TPSA) is 15.3 Å². The fourth-order valence-corrected chi connectivity index (χ4v) is 3.91. The molecule has 1 aliphatic rings. The monoisotopic (exact) mass is 268 g/mol. The van der Waals surface area contributed by atoms with Crippen molar-refractivity contribution in [3.8, 4) is 0 Å². The summed E-state index contributed by atoms with van der Waals surface area (Å²) in [5, 5.41) is 3.82. The van der Waals surface area contributed by atoms with Gasteiger partial charge in [-0.3, -0.25) is 0 Å². The molecule has 0 aromatic carbocycles. The minimum Gasteiger partial charge on any atom is -0.312 e. The summed E-state index contributed by atoms with van der Waals surface area (Å²) in [7, 11) is 4.58. The quantitative estimate of drug-likeness (QED) is 0.753. The van der Waals surface area contributed by atoms with E-state index in [4.69, 9.17) is 0 Å². The molecule has 0 saturated heterocycles. The Morgan fingerprint density at radius 1 is 1.32 bits per heavy atom. The zero-order valence-corrected chi connectivity index (χ0v) is 14.1. The lowest BCUT2D eigenvalue weighted by atomic mass is 9.69. The van der Waals surface area contributed by atoms with Crippen molar-refractivity contribution in [1.29, 1.82) is 0 Å². The van der Waals surface area contributed by atoms with Crippen LogP contribution in [0.2, 0.25) is 0 Å². The lowest BCUT2D eigenvalue weighted by Gasteiger charge is -2.51. The van der Waals surface area contributed by atoms with Gasteiger partial charge in [0, 0.05) is 11.6 Å². The molecule has 1 saturated carbocycles. The van der Waals surface area contributed by atoms with Crippen LogP contribution in [-0.2, 0) is 0 Å². The fraction of sp³-hybridized carbons (Fsp3) is 1.00. The highest BCUT2D eigenvalue weighted by Crippen LogP contribution is 2.40. The zero-order valence-electron chi connectivity index (χ0n) is 14.1. The van der Waals surface area contributed by atoms with E-state index in [0.717, 1.165) is 18.4 Å². The number of nitrogens with zero attached hydrogens (tertiary/aromatic N) is 1. The summed E-state index contributed by atoms with van der Waals surface area (Å²) in [6, 6.07) is 0.644. The first-order chi connectivity index (χ1) is 8.96. The van der Waals surface area contributed by atoms with Crippen LogP contribution in [0.1, 0.15) is 66.2 Å². The van der Waals surface area contributed by atoms with Gasteiger partial charge in [-0.25, -0.2) is 0 Å². The molecule has 0 aromatic rings. The Morgan fingerprint density at radius 3 is 2.47 bits per heavy atom. The smallest absolute Gasteiger partial charge is 0.0359 e. The van der Waals surface area contributed by atoms with Crippen molar-refractivity contribution in [3.05, 3.63) is 0 Å². The van der Waals surface area contributed by atoms with E-state index in [9.17, 15) is 0 Å². The third-order valence-corrected chi connectivity index (χ3v) is 5.33. The number of rotatable bonds is 7. The van der Waals surface area contributed by atoms with Crippen LogP contribution in [0.4, 0.5) is 0 Å². The van der Waals surface area contributed by atoms with Crippen molar-refractivity contribution >= 4 is 0 Å². The molecule has 1 fully saturated rings. The summed E-state index contributed by atoms with van der Waals surface area (Å²) in [6.07, 6.45) is 8.13. The van der Waals surface area contributed by atoms with Crippen molar-refractivity contribution in [1.82, 2.24) is 10.2 Å². The maximum atomic E-state index is 3.82. The van der Waals surface area contributed by atoms with Crippen LogP contribution in [0.3, 0.4) is 0 Å². The minimum atomic E-state index is 0.372. The number of hydrogen-bond donors (Lipinski definition) is 1. The van der Waals surface area contributed by atoms with Crippen LogP contribution < -0.4 is 5.32 Å². The van der Waals surface area contributed by atoms with Crippen molar-refractivity contribution in [2.75, 3.05) is 20.6 Å². The van der Waals surface area contributed by atoms with Crippen LogP contribution in [0.5, 0.6) is 0 Å². The van der Waals surface area contributed by atoms with E-state index in [0.29, 0.717) is 11.6 Å². The van der Waals surface area contributed by atoms with Crippen molar-refractivity contribution in [2.24, 2.45) is 11.8 Å². The van der Waals surface area contributed by atoms with Crippen molar-refractivity contribution in [2.45, 2.75) is 77.8 Å². The van der Waals surface area contributed by atoms with Crippen LogP contribution in [0, 0.1) is 11.8 Å². The molecule has 4 unspecified atom stereocenters. The van der Waals surface area contributed by atoms with Gasteiger partial charge >= 0.3 is 0 Å². The second kappa shape index (κ2) is 7.64. The summed E-state index contributed by atoms with van der Waals surface area (Å²) < 4.78 is 0. The summed E-state index contributed by atoms with van der Waals surface area (Å²) in [6.45, 7) is 10.5. The molecule has 2 heteroatoms. The fourth-order valence-electron chi connectivity index (χ4n) is 3.91. The molecule has 0 amide bonds. The molecular weight excluding hydrogens is 232 g/mol. The van der Waals surface area contributed by atoms with Crippen molar-refractivity contribution in [3.63, 3.8) is 0 Å². The highest BCUT2D eigenvalue weighted by atomic mass is 15.2. The third kappa shape index (κ3) is 4.19. The molecule has 114 valence electrons. The van der Waals surface area contributed by atoms with Gasteiger partial charge in [0.15, 0.2) is 0 Å². The van der Waals surface area contributed by atoms with Crippen LogP contribution in [-0.4, -0.2) is 37.1 Å². The second-order valence-electron chi connectivity index (χ2n) is 7.06. The molecular formula is C17H36N2. The van der Waals surface area contributed by atoms with E-state index in [2.05, 4.69) is 52.0 Å². The Morgan fingerprint density at radius 2 is 2.00 bits per heavy atom. The lowest BCUT2D eigenvalue weighted by molar-refractivity contribution is 0.0297. The van der Waals surface area contributed by atoms with Gasteiger partial charge in [-0.1, -0.05) is 47.0 Å². The molecule has 19 heavy (non-hydrogen) atoms. The normalized spacial score (nSPS) is 31.4. The van der Waals surface area contributed by atoms with Gasteiger partial charge in [0.2, 0.25) is 0 Å². The van der Waals surface area contributed by atoms with Gasteiger partial charge in [-0.2, -0.15) is 0 Å². The Bertz CT molecular complexity index is 252. The number of likely N-dealkylation sites (N-methyl/N-ethyl adjacent to an activating group) is 2. The molecule has 1 N–H and O–H groups in total. The van der Waals surface area contributed by atoms with Crippen molar-refractivity contribution < 1.29 is 0 Å². The van der Waals surface area contributed by atoms with E-state index in [1.54, 1.807) is 0 Å². The molecule has 0 aromatic heterocycles. The molecule has 0 aliphatic heterocycles. The SMILES string of the molecule is CCNC(CC(C)CC)C1(N(C)C)CCCC(C)C1. The van der Waals surface area contributed by atoms with Gasteiger partial charge < -0.3 is 10.2 Å². The van der Waals surface area contributed by atoms with E-state index in [1.165, 1.54) is 38.5 Å². The molecule has 1 rings (SSSR count). The Hall–Kier alpha value is -0.0800. The average molecular weight is 268 g/mol. The number of hydrogen-bond acceptors (Lipinski definition) is 2. The highest BCUT2D eigenvalue weighted by Gasteiger charge is 2.43. The largest absolute Gasteiger partial charge is 0.312 e. The van der Waals surface area contributed by atoms with Crippen LogP contribution >= 0.6 is 0 Å². The number of nitrogens with one attached hydrogen (secondary N) is 1. The van der Waals surface area contributed by atoms with Gasteiger partial charge in [0.25, 0.3) is 0 Å². The predicted octanol–water partition coefficient (Wildman–Crippen LogP) is 3.91.